The molecule has 0 saturated heterocycles. The van der Waals surface area contributed by atoms with Gasteiger partial charge in [0.1, 0.15) is 0 Å². The van der Waals surface area contributed by atoms with Crippen molar-refractivity contribution in [3.63, 3.8) is 0 Å². The highest BCUT2D eigenvalue weighted by Gasteiger charge is 2.03. The molecule has 0 heterocycles. The van der Waals surface area contributed by atoms with Crippen molar-refractivity contribution in [1.82, 2.24) is 0 Å². The maximum absolute atomic E-state index is 11.1. The molecule has 0 atom stereocenters. The van der Waals surface area contributed by atoms with E-state index in [1.165, 1.54) is 4.90 Å². The minimum Gasteiger partial charge on any atom is -0.394 e. The van der Waals surface area contributed by atoms with Gasteiger partial charge in [-0.1, -0.05) is 48.6 Å². The Morgan fingerprint density at radius 2 is 1.62 bits per heavy atom. The summed E-state index contributed by atoms with van der Waals surface area (Å²) in [6.45, 7) is 0.886. The molecule has 0 aromatic heterocycles. The lowest BCUT2D eigenvalue weighted by atomic mass is 10.1. The lowest BCUT2D eigenvalue weighted by Gasteiger charge is -2.15. The van der Waals surface area contributed by atoms with Crippen LogP contribution >= 0.6 is 0 Å². The van der Waals surface area contributed by atoms with Crippen LogP contribution in [-0.2, 0) is 11.3 Å². The van der Waals surface area contributed by atoms with Crippen LogP contribution in [-0.4, -0.2) is 39.0 Å². The van der Waals surface area contributed by atoms with Gasteiger partial charge in [-0.25, -0.2) is 0 Å². The number of aliphatic hydroxyl groups excluding tert-OH is 1. The third kappa shape index (κ3) is 5.37. The van der Waals surface area contributed by atoms with Gasteiger partial charge >= 0.3 is 0 Å². The minimum absolute atomic E-state index is 0.0366. The highest BCUT2D eigenvalue weighted by Crippen LogP contribution is 2.16. The summed E-state index contributed by atoms with van der Waals surface area (Å²) in [4.78, 5) is 12.5. The van der Waals surface area contributed by atoms with Crippen molar-refractivity contribution in [1.29, 1.82) is 0 Å². The summed E-state index contributed by atoms with van der Waals surface area (Å²) in [5.74, 6) is -0.485. The van der Waals surface area contributed by atoms with E-state index >= 15 is 0 Å². The fourth-order valence-corrected chi connectivity index (χ4v) is 2.11. The zero-order valence-corrected chi connectivity index (χ0v) is 13.7. The molecular weight excluding hydrogens is 301 g/mol. The van der Waals surface area contributed by atoms with E-state index < -0.39 is 5.81 Å². The number of aliphatic hydroxyl groups is 1. The molecule has 4 nitrogen and oxygen atoms in total. The van der Waals surface area contributed by atoms with Crippen LogP contribution in [0, 0.1) is 0 Å². The maximum atomic E-state index is 11.1. The number of amides is 1. The molecule has 1 N–H and O–H groups in total. The van der Waals surface area contributed by atoms with Crippen LogP contribution in [0.25, 0.3) is 12.2 Å². The molecule has 0 spiro atoms. The van der Waals surface area contributed by atoms with E-state index in [2.05, 4.69) is 0 Å². The Bertz CT molecular complexity index is 681. The number of hydrogen-bond acceptors (Lipinski definition) is 3. The van der Waals surface area contributed by atoms with Crippen molar-refractivity contribution in [2.24, 2.45) is 0 Å². The maximum Gasteiger partial charge on any atom is 0.201 e. The summed E-state index contributed by atoms with van der Waals surface area (Å²) >= 11 is 0. The van der Waals surface area contributed by atoms with Crippen molar-refractivity contribution in [2.45, 2.75) is 6.61 Å². The first kappa shape index (κ1) is 18.0. The Morgan fingerprint density at radius 1 is 1.08 bits per heavy atom. The molecule has 122 valence electrons. The fourth-order valence-electron chi connectivity index (χ4n) is 2.11. The summed E-state index contributed by atoms with van der Waals surface area (Å²) in [5.41, 5.74) is 3.94. The summed E-state index contributed by atoms with van der Waals surface area (Å²) in [5, 5.41) is 8.68. The third-order valence-corrected chi connectivity index (χ3v) is 3.56. The lowest BCUT2D eigenvalue weighted by Crippen LogP contribution is -2.24. The van der Waals surface area contributed by atoms with Crippen LogP contribution in [0.4, 0.5) is 10.5 Å². The number of carbonyl (C=O) groups excluding carboxylic acids is 1. The van der Waals surface area contributed by atoms with E-state index in [9.17, 15) is 4.79 Å². The number of carbonyl (C=O) groups is 1. The van der Waals surface area contributed by atoms with Gasteiger partial charge in [0, 0.05) is 12.7 Å². The molecule has 24 heavy (non-hydrogen) atoms. The molecule has 2 aromatic carbocycles. The van der Waals surface area contributed by atoms with E-state index in [0.717, 1.165) is 22.4 Å². The average molecular weight is 321 g/mol. The monoisotopic (exact) mass is 321 g/mol. The molecule has 2 aromatic rings. The predicted molar refractivity (Wildman–Crippen MR) is 98.1 cm³/mol. The normalized spacial score (nSPS) is 10.9. The number of rotatable bonds is 7. The zero-order valence-electron chi connectivity index (χ0n) is 13.7. The van der Waals surface area contributed by atoms with Gasteiger partial charge in [0.15, 0.2) is 5.81 Å². The van der Waals surface area contributed by atoms with Crippen LogP contribution in [0.1, 0.15) is 16.7 Å². The molecule has 0 aliphatic carbocycles. The summed E-state index contributed by atoms with van der Waals surface area (Å²) < 4.78 is 5.28. The van der Waals surface area contributed by atoms with Gasteiger partial charge in [-0.3, -0.25) is 4.79 Å². The summed E-state index contributed by atoms with van der Waals surface area (Å²) in [6, 6.07) is 15.6. The highest BCUT2D eigenvalue weighted by atomic mass is 16.5. The van der Waals surface area contributed by atoms with Crippen molar-refractivity contribution in [2.75, 3.05) is 25.2 Å². The molecule has 0 fully saturated rings. The SMILES string of the molecule is [B]C(=O)N(C)c1ccc(/C=C/c2ccc(COCCO)cc2)cc1. The van der Waals surface area contributed by atoms with Crippen LogP contribution < -0.4 is 4.90 Å². The van der Waals surface area contributed by atoms with E-state index in [1.54, 1.807) is 7.05 Å². The number of hydrogen-bond donors (Lipinski definition) is 1. The molecule has 0 unspecified atom stereocenters. The van der Waals surface area contributed by atoms with Gasteiger partial charge < -0.3 is 14.7 Å². The van der Waals surface area contributed by atoms with Gasteiger partial charge in [0.25, 0.3) is 0 Å². The van der Waals surface area contributed by atoms with Gasteiger partial charge in [-0.05, 0) is 28.8 Å². The Kier molecular flexibility index (Phi) is 6.79. The second kappa shape index (κ2) is 9.06. The van der Waals surface area contributed by atoms with Crippen molar-refractivity contribution in [3.8, 4) is 0 Å². The van der Waals surface area contributed by atoms with Gasteiger partial charge in [0.05, 0.1) is 19.8 Å². The lowest BCUT2D eigenvalue weighted by molar-refractivity contribution is 0.0815. The average Bonchev–Trinajstić information content (AvgIpc) is 2.61. The van der Waals surface area contributed by atoms with Gasteiger partial charge in [-0.15, -0.1) is 0 Å². The molecule has 0 aliphatic heterocycles. The van der Waals surface area contributed by atoms with Crippen LogP contribution in [0.15, 0.2) is 48.5 Å². The van der Waals surface area contributed by atoms with E-state index in [4.69, 9.17) is 17.7 Å². The first-order valence-corrected chi connectivity index (χ1v) is 7.69. The molecule has 0 saturated carbocycles. The van der Waals surface area contributed by atoms with Gasteiger partial charge in [-0.2, -0.15) is 0 Å². The molecule has 5 heteroatoms. The van der Waals surface area contributed by atoms with Crippen LogP contribution in [0.5, 0.6) is 0 Å². The Labute approximate surface area is 143 Å². The second-order valence-electron chi connectivity index (χ2n) is 5.34. The number of benzene rings is 2. The molecule has 2 radical (unpaired) electrons. The second-order valence-corrected chi connectivity index (χ2v) is 5.34. The van der Waals surface area contributed by atoms with Crippen molar-refractivity contribution < 1.29 is 14.6 Å². The molecular formula is C19H20BNO3. The summed E-state index contributed by atoms with van der Waals surface area (Å²) in [7, 11) is 6.88. The van der Waals surface area contributed by atoms with Crippen LogP contribution in [0.2, 0.25) is 0 Å². The minimum atomic E-state index is -0.485. The predicted octanol–water partition coefficient (Wildman–Crippen LogP) is 3.09. The first-order chi connectivity index (χ1) is 11.6. The van der Waals surface area contributed by atoms with E-state index in [1.807, 2.05) is 60.7 Å². The molecule has 2 rings (SSSR count). The number of ether oxygens (including phenoxy) is 1. The highest BCUT2D eigenvalue weighted by molar-refractivity contribution is 6.60. The Hall–Kier alpha value is -2.37. The number of nitrogens with zero attached hydrogens (tertiary/aromatic N) is 1. The zero-order chi connectivity index (χ0) is 17.4. The van der Waals surface area contributed by atoms with Gasteiger partial charge in [0.2, 0.25) is 7.85 Å². The first-order valence-electron chi connectivity index (χ1n) is 7.69. The Morgan fingerprint density at radius 3 is 2.12 bits per heavy atom. The van der Waals surface area contributed by atoms with Crippen molar-refractivity contribution in [3.05, 3.63) is 65.2 Å². The molecule has 0 bridgehead atoms. The number of anilines is 1. The third-order valence-electron chi connectivity index (χ3n) is 3.56. The van der Waals surface area contributed by atoms with E-state index in [-0.39, 0.29) is 6.61 Å². The smallest absolute Gasteiger partial charge is 0.201 e. The Balaban J connectivity index is 1.96. The molecule has 0 aliphatic rings. The largest absolute Gasteiger partial charge is 0.394 e. The fraction of sp³-hybridized carbons (Fsp3) is 0.211. The standard InChI is InChI=1S/C19H20BNO3/c1-21(19(20)23)18-10-8-16(9-11-18)3-2-15-4-6-17(7-5-15)14-24-13-12-22/h2-11,22H,12-14H2,1H3/b3-2+. The topological polar surface area (TPSA) is 49.8 Å². The van der Waals surface area contributed by atoms with Crippen molar-refractivity contribution >= 4 is 31.5 Å². The quantitative estimate of drug-likeness (QED) is 0.484. The molecule has 1 amide bonds. The van der Waals surface area contributed by atoms with E-state index in [0.29, 0.717) is 13.2 Å². The summed E-state index contributed by atoms with van der Waals surface area (Å²) in [6.07, 6.45) is 4.02. The van der Waals surface area contributed by atoms with Crippen LogP contribution in [0.3, 0.4) is 0 Å².